The van der Waals surface area contributed by atoms with Crippen molar-refractivity contribution in [2.75, 3.05) is 13.1 Å². The first-order chi connectivity index (χ1) is 9.94. The zero-order valence-electron chi connectivity index (χ0n) is 12.6. The number of hydrogen-bond donors (Lipinski definition) is 2. The lowest BCUT2D eigenvalue weighted by molar-refractivity contribution is -0.132. The molecule has 0 radical (unpaired) electrons. The Balaban J connectivity index is 1.93. The monoisotopic (exact) mass is 310 g/mol. The third-order valence-electron chi connectivity index (χ3n) is 3.97. The molecule has 1 heterocycles. The highest BCUT2D eigenvalue weighted by molar-refractivity contribution is 6.31. The molecule has 1 saturated heterocycles. The molecule has 0 unspecified atom stereocenters. The molecule has 1 amide bonds. The zero-order valence-corrected chi connectivity index (χ0v) is 13.3. The van der Waals surface area contributed by atoms with Crippen LogP contribution in [-0.4, -0.2) is 31.2 Å². The molecular weight excluding hydrogens is 288 g/mol. The summed E-state index contributed by atoms with van der Waals surface area (Å²) in [7, 11) is 0. The lowest BCUT2D eigenvalue weighted by Gasteiger charge is -2.27. The first-order valence-electron chi connectivity index (χ1n) is 7.32. The maximum absolute atomic E-state index is 12.2. The largest absolute Gasteiger partial charge is 0.364 e. The van der Waals surface area contributed by atoms with E-state index in [4.69, 9.17) is 22.1 Å². The molecule has 1 aromatic carbocycles. The van der Waals surface area contributed by atoms with Crippen molar-refractivity contribution in [3.63, 3.8) is 0 Å². The van der Waals surface area contributed by atoms with Gasteiger partial charge < -0.3 is 15.8 Å². The zero-order chi connectivity index (χ0) is 15.5. The Hall–Kier alpha value is -1.10. The number of nitrogens with two attached hydrogens (primary N) is 1. The molecule has 2 atom stereocenters. The number of carbonyl (C=O) groups excluding carboxylic acids is 1. The molecule has 2 rings (SSSR count). The average molecular weight is 311 g/mol. The van der Waals surface area contributed by atoms with E-state index in [1.807, 2.05) is 24.3 Å². The summed E-state index contributed by atoms with van der Waals surface area (Å²) in [5, 5.41) is 3.69. The molecule has 3 N–H and O–H groups in total. The van der Waals surface area contributed by atoms with Crippen LogP contribution in [0.3, 0.4) is 0 Å². The van der Waals surface area contributed by atoms with Crippen molar-refractivity contribution in [1.29, 1.82) is 0 Å². The van der Waals surface area contributed by atoms with Gasteiger partial charge in [-0.2, -0.15) is 0 Å². The minimum absolute atomic E-state index is 0.0114. The van der Waals surface area contributed by atoms with Crippen molar-refractivity contribution < 1.29 is 9.53 Å². The van der Waals surface area contributed by atoms with Crippen LogP contribution in [0.2, 0.25) is 5.02 Å². The minimum atomic E-state index is -0.374. The second kappa shape index (κ2) is 6.77. The van der Waals surface area contributed by atoms with Gasteiger partial charge in [-0.3, -0.25) is 4.79 Å². The number of nitrogens with one attached hydrogen (secondary N) is 1. The fourth-order valence-electron chi connectivity index (χ4n) is 2.60. The number of ether oxygens (including phenoxy) is 1. The van der Waals surface area contributed by atoms with Gasteiger partial charge in [-0.05, 0) is 24.5 Å². The van der Waals surface area contributed by atoms with Gasteiger partial charge in [0, 0.05) is 23.5 Å². The molecule has 0 spiro atoms. The van der Waals surface area contributed by atoms with Crippen molar-refractivity contribution >= 4 is 17.5 Å². The molecule has 0 saturated carbocycles. The Kier molecular flexibility index (Phi) is 5.25. The van der Waals surface area contributed by atoms with Gasteiger partial charge in [-0.15, -0.1) is 0 Å². The van der Waals surface area contributed by atoms with Crippen LogP contribution >= 0.6 is 11.6 Å². The van der Waals surface area contributed by atoms with Crippen molar-refractivity contribution in [2.45, 2.75) is 44.3 Å². The van der Waals surface area contributed by atoms with Gasteiger partial charge in [0.25, 0.3) is 0 Å². The lowest BCUT2D eigenvalue weighted by Crippen LogP contribution is -2.42. The summed E-state index contributed by atoms with van der Waals surface area (Å²) in [5.74, 6) is -0.0638. The van der Waals surface area contributed by atoms with E-state index < -0.39 is 0 Å². The highest BCUT2D eigenvalue weighted by Crippen LogP contribution is 2.29. The number of carbonyl (C=O) groups is 1. The standard InChI is InChI=1S/C16H23ClN2O2/c1-16(2,12-5-3-4-6-13(12)17)10-19-15(20)14-8-7-11(9-18)21-14/h3-6,11,14H,7-10,18H2,1-2H3,(H,19,20)/t11-,14+/m1/s1. The normalized spacial score (nSPS) is 22.3. The molecule has 4 nitrogen and oxygen atoms in total. The number of hydrogen-bond acceptors (Lipinski definition) is 3. The highest BCUT2D eigenvalue weighted by Gasteiger charge is 2.31. The van der Waals surface area contributed by atoms with Crippen molar-refractivity contribution in [1.82, 2.24) is 5.32 Å². The summed E-state index contributed by atoms with van der Waals surface area (Å²) in [6.07, 6.45) is 1.22. The fourth-order valence-corrected chi connectivity index (χ4v) is 2.99. The van der Waals surface area contributed by atoms with Gasteiger partial charge in [-0.1, -0.05) is 43.6 Å². The molecular formula is C16H23ClN2O2. The second-order valence-electron chi connectivity index (χ2n) is 6.14. The third kappa shape index (κ3) is 3.96. The van der Waals surface area contributed by atoms with E-state index in [9.17, 15) is 4.79 Å². The van der Waals surface area contributed by atoms with Gasteiger partial charge in [0.2, 0.25) is 5.91 Å². The van der Waals surface area contributed by atoms with E-state index in [0.717, 1.165) is 23.4 Å². The van der Waals surface area contributed by atoms with Crippen LogP contribution < -0.4 is 11.1 Å². The van der Waals surface area contributed by atoms with Gasteiger partial charge in [0.1, 0.15) is 6.10 Å². The van der Waals surface area contributed by atoms with Crippen molar-refractivity contribution in [3.8, 4) is 0 Å². The van der Waals surface area contributed by atoms with Gasteiger partial charge >= 0.3 is 0 Å². The van der Waals surface area contributed by atoms with E-state index in [0.29, 0.717) is 13.1 Å². The summed E-state index contributed by atoms with van der Waals surface area (Å²) in [6, 6.07) is 7.72. The van der Waals surface area contributed by atoms with Crippen LogP contribution in [0.5, 0.6) is 0 Å². The summed E-state index contributed by atoms with van der Waals surface area (Å²) >= 11 is 6.24. The van der Waals surface area contributed by atoms with Gasteiger partial charge in [-0.25, -0.2) is 0 Å². The molecule has 1 aliphatic heterocycles. The Morgan fingerprint density at radius 3 is 2.76 bits per heavy atom. The molecule has 21 heavy (non-hydrogen) atoms. The fraction of sp³-hybridized carbons (Fsp3) is 0.562. The predicted octanol–water partition coefficient (Wildman–Crippen LogP) is 2.24. The van der Waals surface area contributed by atoms with Crippen LogP contribution in [0.25, 0.3) is 0 Å². The van der Waals surface area contributed by atoms with Crippen LogP contribution in [0.4, 0.5) is 0 Å². The Labute approximate surface area is 131 Å². The van der Waals surface area contributed by atoms with Crippen LogP contribution in [0.15, 0.2) is 24.3 Å². The molecule has 0 aliphatic carbocycles. The van der Waals surface area contributed by atoms with E-state index in [1.54, 1.807) is 0 Å². The van der Waals surface area contributed by atoms with Crippen LogP contribution in [0, 0.1) is 0 Å². The molecule has 1 aromatic rings. The van der Waals surface area contributed by atoms with Gasteiger partial charge in [0.15, 0.2) is 0 Å². The number of rotatable bonds is 5. The Bertz CT molecular complexity index is 505. The van der Waals surface area contributed by atoms with Crippen molar-refractivity contribution in [2.24, 2.45) is 5.73 Å². The Morgan fingerprint density at radius 1 is 1.43 bits per heavy atom. The summed E-state index contributed by atoms with van der Waals surface area (Å²) in [4.78, 5) is 12.2. The Morgan fingerprint density at radius 2 is 2.14 bits per heavy atom. The topological polar surface area (TPSA) is 64.4 Å². The molecule has 0 aromatic heterocycles. The first-order valence-corrected chi connectivity index (χ1v) is 7.70. The maximum Gasteiger partial charge on any atom is 0.249 e. The molecule has 1 fully saturated rings. The maximum atomic E-state index is 12.2. The van der Waals surface area contributed by atoms with Crippen molar-refractivity contribution in [3.05, 3.63) is 34.9 Å². The smallest absolute Gasteiger partial charge is 0.249 e. The van der Waals surface area contributed by atoms with Crippen LogP contribution in [0.1, 0.15) is 32.3 Å². The number of halogens is 1. The summed E-state index contributed by atoms with van der Waals surface area (Å²) < 4.78 is 5.60. The van der Waals surface area contributed by atoms with E-state index in [1.165, 1.54) is 0 Å². The predicted molar refractivity (Wildman–Crippen MR) is 84.4 cm³/mol. The van der Waals surface area contributed by atoms with E-state index in [2.05, 4.69) is 19.2 Å². The summed E-state index contributed by atoms with van der Waals surface area (Å²) in [6.45, 7) is 5.11. The molecule has 5 heteroatoms. The number of amides is 1. The minimum Gasteiger partial charge on any atom is -0.364 e. The lowest BCUT2D eigenvalue weighted by atomic mass is 9.84. The molecule has 0 bridgehead atoms. The van der Waals surface area contributed by atoms with E-state index in [-0.39, 0.29) is 23.5 Å². The van der Waals surface area contributed by atoms with Gasteiger partial charge in [0.05, 0.1) is 6.10 Å². The molecule has 1 aliphatic rings. The summed E-state index contributed by atoms with van der Waals surface area (Å²) in [5.41, 5.74) is 6.35. The van der Waals surface area contributed by atoms with Crippen LogP contribution in [-0.2, 0) is 14.9 Å². The third-order valence-corrected chi connectivity index (χ3v) is 4.30. The number of benzene rings is 1. The van der Waals surface area contributed by atoms with E-state index >= 15 is 0 Å². The first kappa shape index (κ1) is 16.3. The second-order valence-corrected chi connectivity index (χ2v) is 6.55. The SMILES string of the molecule is CC(C)(CNC(=O)[C@@H]1CC[C@H](CN)O1)c1ccccc1Cl. The quantitative estimate of drug-likeness (QED) is 0.876. The molecule has 116 valence electrons. The highest BCUT2D eigenvalue weighted by atomic mass is 35.5. The average Bonchev–Trinajstić information content (AvgIpc) is 2.94.